The minimum absolute atomic E-state index is 0.418. The van der Waals surface area contributed by atoms with Crippen LogP contribution in [0.1, 0.15) is 10.4 Å². The summed E-state index contributed by atoms with van der Waals surface area (Å²) in [6.45, 7) is 0. The normalized spacial score (nSPS) is 11.0. The van der Waals surface area contributed by atoms with Gasteiger partial charge in [-0.15, -0.1) is 0 Å². The third-order valence-electron chi connectivity index (χ3n) is 5.01. The van der Waals surface area contributed by atoms with E-state index in [0.717, 1.165) is 27.2 Å². The standard InChI is InChI=1S/C26H16ClNO2/c27-20-12-9-18(10-13-20)25-16-23(22-7-3-4-8-24(22)28-25)26(29)30-21-14-11-17-5-1-2-6-19(17)15-21/h1-16H. The quantitative estimate of drug-likeness (QED) is 0.239. The van der Waals surface area contributed by atoms with Crippen LogP contribution in [0.25, 0.3) is 32.9 Å². The molecule has 0 aliphatic rings. The predicted octanol–water partition coefficient (Wildman–Crippen LogP) is 6.93. The molecule has 0 saturated heterocycles. The van der Waals surface area contributed by atoms with E-state index in [2.05, 4.69) is 0 Å². The minimum Gasteiger partial charge on any atom is -0.423 e. The summed E-state index contributed by atoms with van der Waals surface area (Å²) in [5, 5.41) is 3.51. The molecule has 0 unspecified atom stereocenters. The highest BCUT2D eigenvalue weighted by Gasteiger charge is 2.16. The zero-order valence-corrected chi connectivity index (χ0v) is 16.6. The minimum atomic E-state index is -0.418. The van der Waals surface area contributed by atoms with Crippen molar-refractivity contribution in [3.05, 3.63) is 108 Å². The number of nitrogens with zero attached hydrogens (tertiary/aromatic N) is 1. The van der Waals surface area contributed by atoms with Crippen LogP contribution in [0.2, 0.25) is 5.02 Å². The molecule has 1 aromatic heterocycles. The molecule has 0 fully saturated rings. The zero-order valence-electron chi connectivity index (χ0n) is 15.9. The molecular formula is C26H16ClNO2. The van der Waals surface area contributed by atoms with E-state index in [-0.39, 0.29) is 0 Å². The van der Waals surface area contributed by atoms with Crippen LogP contribution in [0.15, 0.2) is 97.1 Å². The van der Waals surface area contributed by atoms with E-state index in [1.165, 1.54) is 0 Å². The maximum absolute atomic E-state index is 13.1. The molecule has 0 aliphatic carbocycles. The molecule has 4 heteroatoms. The van der Waals surface area contributed by atoms with Gasteiger partial charge in [-0.25, -0.2) is 9.78 Å². The Morgan fingerprint density at radius 3 is 2.33 bits per heavy atom. The summed E-state index contributed by atoms with van der Waals surface area (Å²) in [5.41, 5.74) is 2.77. The summed E-state index contributed by atoms with van der Waals surface area (Å²) in [6.07, 6.45) is 0. The number of rotatable bonds is 3. The van der Waals surface area contributed by atoms with Crippen molar-refractivity contribution in [3.63, 3.8) is 0 Å². The van der Waals surface area contributed by atoms with Crippen LogP contribution in [0, 0.1) is 0 Å². The number of carbonyl (C=O) groups is 1. The SMILES string of the molecule is O=C(Oc1ccc2ccccc2c1)c1cc(-c2ccc(Cl)cc2)nc2ccccc12. The molecule has 5 aromatic rings. The average molecular weight is 410 g/mol. The number of carbonyl (C=O) groups excluding carboxylic acids is 1. The Kier molecular flexibility index (Phi) is 4.66. The van der Waals surface area contributed by atoms with Gasteiger partial charge in [-0.05, 0) is 47.2 Å². The summed E-state index contributed by atoms with van der Waals surface area (Å²) in [7, 11) is 0. The molecule has 0 radical (unpaired) electrons. The van der Waals surface area contributed by atoms with Crippen molar-refractivity contribution < 1.29 is 9.53 Å². The molecule has 0 bridgehead atoms. The maximum atomic E-state index is 13.1. The average Bonchev–Trinajstić information content (AvgIpc) is 2.78. The number of fused-ring (bicyclic) bond motifs is 2. The summed E-state index contributed by atoms with van der Waals surface area (Å²) in [5.74, 6) is 0.0896. The fourth-order valence-corrected chi connectivity index (χ4v) is 3.63. The second-order valence-corrected chi connectivity index (χ2v) is 7.41. The Bertz CT molecular complexity index is 1390. The second kappa shape index (κ2) is 7.62. The highest BCUT2D eigenvalue weighted by atomic mass is 35.5. The summed E-state index contributed by atoms with van der Waals surface area (Å²) >= 11 is 6.01. The molecule has 144 valence electrons. The smallest absolute Gasteiger partial charge is 0.344 e. The molecule has 0 amide bonds. The zero-order chi connectivity index (χ0) is 20.5. The molecule has 1 heterocycles. The number of aromatic nitrogens is 1. The van der Waals surface area contributed by atoms with Crippen LogP contribution in [0.4, 0.5) is 0 Å². The van der Waals surface area contributed by atoms with Gasteiger partial charge in [-0.3, -0.25) is 0 Å². The first-order valence-electron chi connectivity index (χ1n) is 9.54. The van der Waals surface area contributed by atoms with Crippen molar-refractivity contribution in [2.45, 2.75) is 0 Å². The van der Waals surface area contributed by atoms with Crippen LogP contribution in [0.3, 0.4) is 0 Å². The molecular weight excluding hydrogens is 394 g/mol. The van der Waals surface area contributed by atoms with Gasteiger partial charge in [0.15, 0.2) is 0 Å². The van der Waals surface area contributed by atoms with Gasteiger partial charge in [-0.1, -0.05) is 72.3 Å². The Morgan fingerprint density at radius 2 is 1.50 bits per heavy atom. The summed E-state index contributed by atoms with van der Waals surface area (Å²) in [6, 6.07) is 30.3. The number of hydrogen-bond acceptors (Lipinski definition) is 3. The van der Waals surface area contributed by atoms with Gasteiger partial charge in [-0.2, -0.15) is 0 Å². The maximum Gasteiger partial charge on any atom is 0.344 e. The summed E-state index contributed by atoms with van der Waals surface area (Å²) < 4.78 is 5.74. The molecule has 0 aliphatic heterocycles. The number of para-hydroxylation sites is 1. The Labute approximate surface area is 178 Å². The van der Waals surface area contributed by atoms with Crippen LogP contribution >= 0.6 is 11.6 Å². The number of pyridine rings is 1. The molecule has 5 rings (SSSR count). The van der Waals surface area contributed by atoms with Crippen molar-refractivity contribution in [2.75, 3.05) is 0 Å². The van der Waals surface area contributed by atoms with Crippen LogP contribution in [0.5, 0.6) is 5.75 Å². The lowest BCUT2D eigenvalue weighted by Crippen LogP contribution is -2.10. The van der Waals surface area contributed by atoms with E-state index in [9.17, 15) is 4.79 Å². The molecule has 0 saturated carbocycles. The fraction of sp³-hybridized carbons (Fsp3) is 0. The Hall–Kier alpha value is -3.69. The molecule has 4 aromatic carbocycles. The second-order valence-electron chi connectivity index (χ2n) is 6.98. The topological polar surface area (TPSA) is 39.2 Å². The van der Waals surface area contributed by atoms with Gasteiger partial charge in [0.05, 0.1) is 16.8 Å². The first-order chi connectivity index (χ1) is 14.7. The molecule has 0 N–H and O–H groups in total. The number of esters is 1. The fourth-order valence-electron chi connectivity index (χ4n) is 3.51. The number of ether oxygens (including phenoxy) is 1. The van der Waals surface area contributed by atoms with Crippen molar-refractivity contribution >= 4 is 39.2 Å². The van der Waals surface area contributed by atoms with Crippen LogP contribution in [-0.4, -0.2) is 11.0 Å². The third-order valence-corrected chi connectivity index (χ3v) is 5.26. The van der Waals surface area contributed by atoms with Crippen LogP contribution in [-0.2, 0) is 0 Å². The number of benzene rings is 4. The third kappa shape index (κ3) is 3.51. The van der Waals surface area contributed by atoms with Gasteiger partial charge < -0.3 is 4.74 Å². The molecule has 0 atom stereocenters. The van der Waals surface area contributed by atoms with Crippen molar-refractivity contribution in [3.8, 4) is 17.0 Å². The van der Waals surface area contributed by atoms with E-state index >= 15 is 0 Å². The van der Waals surface area contributed by atoms with Crippen molar-refractivity contribution in [1.29, 1.82) is 0 Å². The van der Waals surface area contributed by atoms with Crippen LogP contribution < -0.4 is 4.74 Å². The monoisotopic (exact) mass is 409 g/mol. The van der Waals surface area contributed by atoms with Gasteiger partial charge in [0.25, 0.3) is 0 Å². The van der Waals surface area contributed by atoms with Gasteiger partial charge in [0.2, 0.25) is 0 Å². The number of hydrogen-bond donors (Lipinski definition) is 0. The van der Waals surface area contributed by atoms with E-state index in [0.29, 0.717) is 22.0 Å². The largest absolute Gasteiger partial charge is 0.423 e. The van der Waals surface area contributed by atoms with Gasteiger partial charge in [0, 0.05) is 16.0 Å². The number of halogens is 1. The van der Waals surface area contributed by atoms with Gasteiger partial charge in [0.1, 0.15) is 5.75 Å². The Morgan fingerprint density at radius 1 is 0.767 bits per heavy atom. The van der Waals surface area contributed by atoms with E-state index in [1.54, 1.807) is 18.2 Å². The van der Waals surface area contributed by atoms with Crippen molar-refractivity contribution in [1.82, 2.24) is 4.98 Å². The highest BCUT2D eigenvalue weighted by Crippen LogP contribution is 2.28. The van der Waals surface area contributed by atoms with E-state index < -0.39 is 5.97 Å². The lowest BCUT2D eigenvalue weighted by molar-refractivity contribution is 0.0737. The van der Waals surface area contributed by atoms with Crippen molar-refractivity contribution in [2.24, 2.45) is 0 Å². The molecule has 0 spiro atoms. The summed E-state index contributed by atoms with van der Waals surface area (Å²) in [4.78, 5) is 17.8. The first kappa shape index (κ1) is 18.3. The predicted molar refractivity (Wildman–Crippen MR) is 121 cm³/mol. The lowest BCUT2D eigenvalue weighted by atomic mass is 10.0. The van der Waals surface area contributed by atoms with E-state index in [4.69, 9.17) is 21.3 Å². The molecule has 3 nitrogen and oxygen atoms in total. The first-order valence-corrected chi connectivity index (χ1v) is 9.92. The highest BCUT2D eigenvalue weighted by molar-refractivity contribution is 6.30. The lowest BCUT2D eigenvalue weighted by Gasteiger charge is -2.10. The van der Waals surface area contributed by atoms with E-state index in [1.807, 2.05) is 78.9 Å². The van der Waals surface area contributed by atoms with Gasteiger partial charge >= 0.3 is 5.97 Å². The Balaban J connectivity index is 1.57. The molecule has 30 heavy (non-hydrogen) atoms.